The van der Waals surface area contributed by atoms with E-state index in [0.29, 0.717) is 30.7 Å². The fourth-order valence-electron chi connectivity index (χ4n) is 3.24. The van der Waals surface area contributed by atoms with Crippen molar-refractivity contribution < 1.29 is 28.9 Å². The smallest absolute Gasteiger partial charge is 0.355 e. The van der Waals surface area contributed by atoms with E-state index in [0.717, 1.165) is 5.56 Å². The Kier molecular flexibility index (Phi) is 7.21. The summed E-state index contributed by atoms with van der Waals surface area (Å²) >= 11 is 0. The van der Waals surface area contributed by atoms with Crippen molar-refractivity contribution in [3.8, 4) is 0 Å². The highest BCUT2D eigenvalue weighted by molar-refractivity contribution is 5.96. The van der Waals surface area contributed by atoms with Gasteiger partial charge in [0.2, 0.25) is 0 Å². The van der Waals surface area contributed by atoms with Crippen molar-refractivity contribution in [1.82, 2.24) is 0 Å². The molecule has 0 saturated carbocycles. The van der Waals surface area contributed by atoms with Crippen LogP contribution in [0.1, 0.15) is 35.1 Å². The highest BCUT2D eigenvalue weighted by Crippen LogP contribution is 2.31. The number of ether oxygens (including phenoxy) is 3. The van der Waals surface area contributed by atoms with Crippen LogP contribution in [0.5, 0.6) is 0 Å². The van der Waals surface area contributed by atoms with Crippen LogP contribution < -0.4 is 4.90 Å². The molecule has 1 aliphatic rings. The number of hydrogen-bond donors (Lipinski definition) is 1. The Bertz CT molecular complexity index is 911. The molecule has 0 bridgehead atoms. The number of methoxy groups -OCH3 is 1. The van der Waals surface area contributed by atoms with E-state index in [2.05, 4.69) is 0 Å². The number of hydrogen-bond acceptors (Lipinski definition) is 6. The number of Topliss-reactive ketones (excluding diaryl/α,β-unsaturated/α-hetero) is 1. The van der Waals surface area contributed by atoms with Crippen LogP contribution in [-0.2, 0) is 19.0 Å². The Morgan fingerprint density at radius 2 is 1.97 bits per heavy atom. The summed E-state index contributed by atoms with van der Waals surface area (Å²) in [5, 5.41) is 9.37. The summed E-state index contributed by atoms with van der Waals surface area (Å²) in [7, 11) is 3.04. The van der Waals surface area contributed by atoms with Gasteiger partial charge >= 0.3 is 5.97 Å². The average Bonchev–Trinajstić information content (AvgIpc) is 3.25. The first-order valence-corrected chi connectivity index (χ1v) is 9.65. The highest BCUT2D eigenvalue weighted by atomic mass is 16.7. The van der Waals surface area contributed by atoms with E-state index in [1.54, 1.807) is 13.1 Å². The number of ketones is 1. The van der Waals surface area contributed by atoms with Crippen LogP contribution in [0.25, 0.3) is 0 Å². The lowest BCUT2D eigenvalue weighted by Gasteiger charge is -2.21. The summed E-state index contributed by atoms with van der Waals surface area (Å²) < 4.78 is 16.6. The Hall–Kier alpha value is -3.16. The van der Waals surface area contributed by atoms with Gasteiger partial charge in [-0.2, -0.15) is 0 Å². The molecular weight excluding hydrogens is 386 g/mol. The molecule has 0 amide bonds. The van der Waals surface area contributed by atoms with Crippen LogP contribution in [-0.4, -0.2) is 43.7 Å². The van der Waals surface area contributed by atoms with Gasteiger partial charge in [0.1, 0.15) is 6.26 Å². The van der Waals surface area contributed by atoms with Gasteiger partial charge in [0, 0.05) is 30.3 Å². The van der Waals surface area contributed by atoms with E-state index in [1.807, 2.05) is 48.5 Å². The minimum Gasteiger partial charge on any atom is -0.502 e. The van der Waals surface area contributed by atoms with Crippen molar-refractivity contribution in [2.45, 2.75) is 25.2 Å². The first-order valence-electron chi connectivity index (χ1n) is 9.65. The number of carbonyl (C=O) groups excluding carboxylic acids is 1. The predicted octanol–water partition coefficient (Wildman–Crippen LogP) is 3.77. The Morgan fingerprint density at radius 1 is 1.20 bits per heavy atom. The Balaban J connectivity index is 1.61. The number of carbonyl (C=O) groups is 2. The summed E-state index contributed by atoms with van der Waals surface area (Å²) in [5.41, 5.74) is 2.13. The van der Waals surface area contributed by atoms with Crippen LogP contribution in [0.2, 0.25) is 0 Å². The lowest BCUT2D eigenvalue weighted by molar-refractivity contribution is -0.132. The van der Waals surface area contributed by atoms with E-state index in [4.69, 9.17) is 14.2 Å². The molecule has 1 fully saturated rings. The molecule has 0 aromatic heterocycles. The molecule has 1 aliphatic heterocycles. The lowest BCUT2D eigenvalue weighted by Crippen LogP contribution is -2.23. The summed E-state index contributed by atoms with van der Waals surface area (Å²) in [4.78, 5) is 25.2. The van der Waals surface area contributed by atoms with Crippen LogP contribution in [0, 0.1) is 0 Å². The standard InChI is InChI=1S/C23H25NO6/c1-24(20(15-28-2)22(26)27)18-10-6-9-17(13-18)23-29-14-19(30-23)11-12-21(25)16-7-4-3-5-8-16/h3-10,13,15,19,23H,11-12,14H2,1-2H3,(H,26,27). The molecular formula is C23H25NO6. The second kappa shape index (κ2) is 10.0. The monoisotopic (exact) mass is 411 g/mol. The van der Waals surface area contributed by atoms with Crippen LogP contribution >= 0.6 is 0 Å². The maximum atomic E-state index is 12.3. The molecule has 3 rings (SSSR count). The minimum absolute atomic E-state index is 0.000194. The van der Waals surface area contributed by atoms with Crippen molar-refractivity contribution in [3.05, 3.63) is 77.7 Å². The van der Waals surface area contributed by atoms with Crippen LogP contribution in [0.3, 0.4) is 0 Å². The van der Waals surface area contributed by atoms with E-state index in [9.17, 15) is 14.7 Å². The highest BCUT2D eigenvalue weighted by Gasteiger charge is 2.28. The summed E-state index contributed by atoms with van der Waals surface area (Å²) in [5.74, 6) is -1.02. The Labute approximate surface area is 175 Å². The van der Waals surface area contributed by atoms with Gasteiger partial charge in [-0.25, -0.2) is 4.79 Å². The van der Waals surface area contributed by atoms with Crippen molar-refractivity contribution >= 4 is 17.4 Å². The molecule has 2 aromatic rings. The summed E-state index contributed by atoms with van der Waals surface area (Å²) in [6.07, 6.45) is 1.40. The van der Waals surface area contributed by atoms with Gasteiger partial charge in [0.05, 0.1) is 19.8 Å². The zero-order valence-electron chi connectivity index (χ0n) is 17.0. The van der Waals surface area contributed by atoms with Crippen LogP contribution in [0.15, 0.2) is 66.6 Å². The molecule has 0 aliphatic carbocycles. The van der Waals surface area contributed by atoms with E-state index < -0.39 is 12.3 Å². The molecule has 1 saturated heterocycles. The lowest BCUT2D eigenvalue weighted by atomic mass is 10.0. The second-order valence-corrected chi connectivity index (χ2v) is 6.95. The fourth-order valence-corrected chi connectivity index (χ4v) is 3.24. The number of nitrogens with zero attached hydrogens (tertiary/aromatic N) is 1. The maximum Gasteiger partial charge on any atom is 0.355 e. The maximum absolute atomic E-state index is 12.3. The molecule has 2 unspecified atom stereocenters. The molecule has 2 aromatic carbocycles. The summed E-state index contributed by atoms with van der Waals surface area (Å²) in [6, 6.07) is 16.5. The number of likely N-dealkylation sites (N-methyl/N-ethyl adjacent to an activating group) is 1. The SMILES string of the molecule is COC=C(C(=O)O)N(C)c1cccc(C2OCC(CCC(=O)c3ccccc3)O2)c1. The quantitative estimate of drug-likeness (QED) is 0.382. The normalized spacial score (nSPS) is 18.8. The van der Waals surface area contributed by atoms with Gasteiger partial charge in [-0.3, -0.25) is 4.79 Å². The molecule has 30 heavy (non-hydrogen) atoms. The minimum atomic E-state index is -1.10. The van der Waals surface area contributed by atoms with Gasteiger partial charge in [-0.1, -0.05) is 42.5 Å². The third-order valence-corrected chi connectivity index (χ3v) is 4.88. The predicted molar refractivity (Wildman–Crippen MR) is 111 cm³/mol. The van der Waals surface area contributed by atoms with Gasteiger partial charge in [-0.15, -0.1) is 0 Å². The van der Waals surface area contributed by atoms with Crippen molar-refractivity contribution in [2.75, 3.05) is 25.7 Å². The van der Waals surface area contributed by atoms with Crippen molar-refractivity contribution in [1.29, 1.82) is 0 Å². The second-order valence-electron chi connectivity index (χ2n) is 6.95. The van der Waals surface area contributed by atoms with Crippen LogP contribution in [0.4, 0.5) is 5.69 Å². The molecule has 0 radical (unpaired) electrons. The van der Waals surface area contributed by atoms with Gasteiger partial charge < -0.3 is 24.2 Å². The number of rotatable bonds is 9. The molecule has 1 N–H and O–H groups in total. The van der Waals surface area contributed by atoms with Gasteiger partial charge in [0.25, 0.3) is 0 Å². The van der Waals surface area contributed by atoms with E-state index >= 15 is 0 Å². The number of anilines is 1. The fraction of sp³-hybridized carbons (Fsp3) is 0.304. The zero-order chi connectivity index (χ0) is 21.5. The molecule has 1 heterocycles. The van der Waals surface area contributed by atoms with E-state index in [-0.39, 0.29) is 17.6 Å². The van der Waals surface area contributed by atoms with Gasteiger partial charge in [-0.05, 0) is 18.6 Å². The number of carboxylic acid groups (broad SMARTS) is 1. The number of aliphatic carboxylic acids is 1. The molecule has 7 heteroatoms. The zero-order valence-corrected chi connectivity index (χ0v) is 17.0. The number of benzene rings is 2. The average molecular weight is 411 g/mol. The van der Waals surface area contributed by atoms with E-state index in [1.165, 1.54) is 18.3 Å². The van der Waals surface area contributed by atoms with Gasteiger partial charge in [0.15, 0.2) is 17.8 Å². The Morgan fingerprint density at radius 3 is 2.67 bits per heavy atom. The topological polar surface area (TPSA) is 85.3 Å². The molecule has 158 valence electrons. The summed E-state index contributed by atoms with van der Waals surface area (Å²) in [6.45, 7) is 0.400. The van der Waals surface area contributed by atoms with Crippen molar-refractivity contribution in [3.63, 3.8) is 0 Å². The first kappa shape index (κ1) is 21.5. The van der Waals surface area contributed by atoms with Crippen molar-refractivity contribution in [2.24, 2.45) is 0 Å². The first-order chi connectivity index (χ1) is 14.5. The third-order valence-electron chi connectivity index (χ3n) is 4.88. The molecule has 2 atom stereocenters. The molecule has 7 nitrogen and oxygen atoms in total. The number of carboxylic acids is 1. The largest absolute Gasteiger partial charge is 0.502 e. The third kappa shape index (κ3) is 5.25. The molecule has 0 spiro atoms.